The minimum atomic E-state index is -0.296. The Balaban J connectivity index is 1.68. The van der Waals surface area contributed by atoms with Gasteiger partial charge in [0.1, 0.15) is 11.9 Å². The number of hydrogen-bond donors (Lipinski definition) is 1. The van der Waals surface area contributed by atoms with Crippen LogP contribution in [0.4, 0.5) is 11.8 Å². The van der Waals surface area contributed by atoms with Gasteiger partial charge in [0.05, 0.1) is 32.2 Å². The molecule has 1 aromatic carbocycles. The summed E-state index contributed by atoms with van der Waals surface area (Å²) in [5.41, 5.74) is 8.06. The van der Waals surface area contributed by atoms with Crippen LogP contribution in [-0.2, 0) is 16.0 Å². The van der Waals surface area contributed by atoms with Crippen molar-refractivity contribution < 1.29 is 23.7 Å². The number of aryl methyl sites for hydroxylation is 1. The number of carbonyl (C=O) groups excluding carboxylic acids is 1. The van der Waals surface area contributed by atoms with E-state index in [-0.39, 0.29) is 12.0 Å². The van der Waals surface area contributed by atoms with Crippen LogP contribution in [0.5, 0.6) is 17.2 Å². The first-order valence-electron chi connectivity index (χ1n) is 11.5. The fourth-order valence-corrected chi connectivity index (χ4v) is 4.69. The second kappa shape index (κ2) is 9.86. The second-order valence-electron chi connectivity index (χ2n) is 8.27. The molecule has 1 amide bonds. The zero-order valence-electron chi connectivity index (χ0n) is 19.8. The van der Waals surface area contributed by atoms with Crippen LogP contribution in [-0.4, -0.2) is 81.0 Å². The van der Waals surface area contributed by atoms with Crippen LogP contribution < -0.4 is 24.8 Å². The SMILES string of the molecule is CCCc1c(OC)c(OC)c(OC)c2c(N)nc(N3CCN(C(=O)C4CCCO4)CC3)nc12. The van der Waals surface area contributed by atoms with Gasteiger partial charge in [0.2, 0.25) is 11.7 Å². The Bertz CT molecular complexity index is 1020. The van der Waals surface area contributed by atoms with E-state index in [1.54, 1.807) is 21.3 Å². The van der Waals surface area contributed by atoms with Gasteiger partial charge in [-0.3, -0.25) is 4.79 Å². The summed E-state index contributed by atoms with van der Waals surface area (Å²) in [7, 11) is 4.75. The van der Waals surface area contributed by atoms with E-state index in [2.05, 4.69) is 16.8 Å². The second-order valence-corrected chi connectivity index (χ2v) is 8.27. The molecule has 2 aliphatic heterocycles. The van der Waals surface area contributed by atoms with Gasteiger partial charge in [-0.1, -0.05) is 13.3 Å². The molecular formula is C23H33N5O5. The van der Waals surface area contributed by atoms with Gasteiger partial charge in [-0.15, -0.1) is 0 Å². The normalized spacial score (nSPS) is 18.6. The first kappa shape index (κ1) is 23.2. The Labute approximate surface area is 193 Å². The Kier molecular flexibility index (Phi) is 6.92. The lowest BCUT2D eigenvalue weighted by Gasteiger charge is -2.36. The predicted octanol–water partition coefficient (Wildman–Crippen LogP) is 2.02. The Morgan fingerprint density at radius 1 is 1.06 bits per heavy atom. The molecule has 0 bridgehead atoms. The van der Waals surface area contributed by atoms with Crippen molar-refractivity contribution in [2.24, 2.45) is 0 Å². The van der Waals surface area contributed by atoms with Gasteiger partial charge >= 0.3 is 0 Å². The maximum absolute atomic E-state index is 12.7. The molecule has 2 saturated heterocycles. The minimum Gasteiger partial charge on any atom is -0.492 e. The zero-order valence-corrected chi connectivity index (χ0v) is 19.8. The summed E-state index contributed by atoms with van der Waals surface area (Å²) in [5.74, 6) is 2.48. The number of rotatable bonds is 7. The van der Waals surface area contributed by atoms with E-state index in [0.717, 1.165) is 31.2 Å². The first-order valence-corrected chi connectivity index (χ1v) is 11.5. The average molecular weight is 460 g/mol. The molecule has 3 heterocycles. The van der Waals surface area contributed by atoms with Crippen molar-refractivity contribution in [2.75, 3.05) is 64.7 Å². The molecule has 1 atom stereocenters. The number of aromatic nitrogens is 2. The maximum atomic E-state index is 12.7. The van der Waals surface area contributed by atoms with Gasteiger partial charge in [0, 0.05) is 38.3 Å². The van der Waals surface area contributed by atoms with Gasteiger partial charge in [-0.05, 0) is 19.3 Å². The van der Waals surface area contributed by atoms with Crippen LogP contribution in [0.15, 0.2) is 0 Å². The molecule has 1 unspecified atom stereocenters. The Morgan fingerprint density at radius 2 is 1.76 bits per heavy atom. The van der Waals surface area contributed by atoms with Gasteiger partial charge < -0.3 is 34.5 Å². The smallest absolute Gasteiger partial charge is 0.251 e. The van der Waals surface area contributed by atoms with Crippen LogP contribution in [0.25, 0.3) is 10.9 Å². The number of ether oxygens (including phenoxy) is 4. The monoisotopic (exact) mass is 459 g/mol. The molecule has 10 nitrogen and oxygen atoms in total. The quantitative estimate of drug-likeness (QED) is 0.664. The molecule has 2 fully saturated rings. The van der Waals surface area contributed by atoms with E-state index in [1.807, 2.05) is 4.90 Å². The molecule has 1 aromatic heterocycles. The number of methoxy groups -OCH3 is 3. The molecule has 2 aliphatic rings. The Hall–Kier alpha value is -3.01. The summed E-state index contributed by atoms with van der Waals surface area (Å²) < 4.78 is 22.5. The van der Waals surface area contributed by atoms with E-state index in [9.17, 15) is 4.79 Å². The van der Waals surface area contributed by atoms with E-state index < -0.39 is 0 Å². The number of fused-ring (bicyclic) bond motifs is 1. The summed E-state index contributed by atoms with van der Waals surface area (Å²) in [5, 5.41) is 0.620. The van der Waals surface area contributed by atoms with Crippen LogP contribution in [0, 0.1) is 0 Å². The number of carbonyl (C=O) groups is 1. The highest BCUT2D eigenvalue weighted by Crippen LogP contribution is 2.48. The highest BCUT2D eigenvalue weighted by Gasteiger charge is 2.32. The summed E-state index contributed by atoms with van der Waals surface area (Å²) >= 11 is 0. The molecule has 0 saturated carbocycles. The third-order valence-corrected chi connectivity index (χ3v) is 6.32. The number of benzene rings is 1. The van der Waals surface area contributed by atoms with E-state index >= 15 is 0 Å². The van der Waals surface area contributed by atoms with Gasteiger partial charge in [0.15, 0.2) is 11.5 Å². The third kappa shape index (κ3) is 4.19. The van der Waals surface area contributed by atoms with Crippen molar-refractivity contribution in [1.29, 1.82) is 0 Å². The molecule has 0 radical (unpaired) electrons. The summed E-state index contributed by atoms with van der Waals surface area (Å²) in [6, 6.07) is 0. The van der Waals surface area contributed by atoms with Crippen molar-refractivity contribution in [3.05, 3.63) is 5.56 Å². The van der Waals surface area contributed by atoms with Crippen molar-refractivity contribution in [3.8, 4) is 17.2 Å². The molecule has 33 heavy (non-hydrogen) atoms. The molecular weight excluding hydrogens is 426 g/mol. The lowest BCUT2D eigenvalue weighted by atomic mass is 10.0. The largest absolute Gasteiger partial charge is 0.492 e. The highest BCUT2D eigenvalue weighted by molar-refractivity contribution is 6.00. The van der Waals surface area contributed by atoms with Gasteiger partial charge in [-0.25, -0.2) is 4.98 Å². The molecule has 180 valence electrons. The molecule has 0 aliphatic carbocycles. The fraction of sp³-hybridized carbons (Fsp3) is 0.609. The number of hydrogen-bond acceptors (Lipinski definition) is 9. The molecule has 10 heteroatoms. The number of anilines is 2. The van der Waals surface area contributed by atoms with Crippen molar-refractivity contribution in [1.82, 2.24) is 14.9 Å². The summed E-state index contributed by atoms with van der Waals surface area (Å²) in [4.78, 5) is 26.1. The Morgan fingerprint density at radius 3 is 2.33 bits per heavy atom. The van der Waals surface area contributed by atoms with Gasteiger partial charge in [0.25, 0.3) is 5.91 Å². The first-order chi connectivity index (χ1) is 16.0. The number of amides is 1. The van der Waals surface area contributed by atoms with E-state index in [0.29, 0.717) is 72.7 Å². The van der Waals surface area contributed by atoms with Crippen LogP contribution in [0.1, 0.15) is 31.7 Å². The van der Waals surface area contributed by atoms with Gasteiger partial charge in [-0.2, -0.15) is 4.98 Å². The van der Waals surface area contributed by atoms with Crippen LogP contribution in [0.2, 0.25) is 0 Å². The number of nitrogens with two attached hydrogens (primary N) is 1. The topological polar surface area (TPSA) is 112 Å². The fourth-order valence-electron chi connectivity index (χ4n) is 4.69. The zero-order chi connectivity index (χ0) is 23.5. The number of piperazine rings is 1. The number of nitrogens with zero attached hydrogens (tertiary/aromatic N) is 4. The van der Waals surface area contributed by atoms with E-state index in [1.165, 1.54) is 0 Å². The number of nitrogen functional groups attached to an aromatic ring is 1. The molecule has 4 rings (SSSR count). The average Bonchev–Trinajstić information content (AvgIpc) is 3.38. The van der Waals surface area contributed by atoms with Crippen molar-refractivity contribution in [2.45, 2.75) is 38.7 Å². The van der Waals surface area contributed by atoms with Crippen LogP contribution in [0.3, 0.4) is 0 Å². The molecule has 2 N–H and O–H groups in total. The predicted molar refractivity (Wildman–Crippen MR) is 125 cm³/mol. The van der Waals surface area contributed by atoms with Crippen molar-refractivity contribution in [3.63, 3.8) is 0 Å². The van der Waals surface area contributed by atoms with E-state index in [4.69, 9.17) is 29.7 Å². The summed E-state index contributed by atoms with van der Waals surface area (Å²) in [6.45, 7) is 5.19. The summed E-state index contributed by atoms with van der Waals surface area (Å²) in [6.07, 6.45) is 3.08. The third-order valence-electron chi connectivity index (χ3n) is 6.32. The molecule has 2 aromatic rings. The van der Waals surface area contributed by atoms with Crippen LogP contribution >= 0.6 is 0 Å². The minimum absolute atomic E-state index is 0.0814. The molecule has 0 spiro atoms. The standard InChI is InChI=1S/C23H33N5O5/c1-5-7-14-17-16(19(31-3)20(32-4)18(14)30-2)21(24)26-23(25-17)28-11-9-27(10-12-28)22(29)15-8-6-13-33-15/h15H,5-13H2,1-4H3,(H2,24,25,26). The lowest BCUT2D eigenvalue weighted by molar-refractivity contribution is -0.141. The lowest BCUT2D eigenvalue weighted by Crippen LogP contribution is -2.51. The maximum Gasteiger partial charge on any atom is 0.251 e. The highest BCUT2D eigenvalue weighted by atomic mass is 16.5. The van der Waals surface area contributed by atoms with Crippen molar-refractivity contribution >= 4 is 28.6 Å².